The second kappa shape index (κ2) is 17.2. The Kier molecular flexibility index (Phi) is 14.3. The molecule has 2 amide bonds. The third-order valence-electron chi connectivity index (χ3n) is 7.35. The summed E-state index contributed by atoms with van der Waals surface area (Å²) in [5.41, 5.74) is 0. The highest BCUT2D eigenvalue weighted by atomic mass is 28.4. The van der Waals surface area contributed by atoms with Crippen LogP contribution in [0.4, 0.5) is 4.79 Å². The lowest BCUT2D eigenvalue weighted by Gasteiger charge is -2.41. The van der Waals surface area contributed by atoms with E-state index in [4.69, 9.17) is 0 Å². The zero-order valence-electron chi connectivity index (χ0n) is 23.5. The molecule has 2 aromatic carbocycles. The second-order valence-corrected chi connectivity index (χ2v) is 14.7. The van der Waals surface area contributed by atoms with Gasteiger partial charge in [0.2, 0.25) is 0 Å². The van der Waals surface area contributed by atoms with E-state index < -0.39 is 8.32 Å². The van der Waals surface area contributed by atoms with Gasteiger partial charge in [-0.2, -0.15) is 0 Å². The maximum atomic E-state index is 12.2. The van der Waals surface area contributed by atoms with E-state index in [1.54, 1.807) is 0 Å². The number of carbonyl (C=O) groups is 1. The largest absolute Gasteiger partial charge is 0.424 e. The summed E-state index contributed by atoms with van der Waals surface area (Å²) < 4.78 is 0. The predicted molar refractivity (Wildman–Crippen MR) is 161 cm³/mol. The maximum Gasteiger partial charge on any atom is 0.314 e. The van der Waals surface area contributed by atoms with E-state index in [2.05, 4.69) is 67.8 Å². The van der Waals surface area contributed by atoms with Crippen molar-refractivity contribution >= 4 is 24.7 Å². The van der Waals surface area contributed by atoms with E-state index in [0.29, 0.717) is 0 Å². The summed E-state index contributed by atoms with van der Waals surface area (Å²) in [7, 11) is -2.89. The van der Waals surface area contributed by atoms with E-state index in [1.807, 2.05) is 36.4 Å². The Morgan fingerprint density at radius 1 is 0.757 bits per heavy atom. The van der Waals surface area contributed by atoms with Crippen molar-refractivity contribution in [2.24, 2.45) is 0 Å². The molecular formula is C32H50N2O2Si. The molecule has 0 aliphatic carbocycles. The zero-order chi connectivity index (χ0) is 26.8. The number of hydrogen-bond donors (Lipinski definition) is 3. The van der Waals surface area contributed by atoms with Crippen molar-refractivity contribution < 1.29 is 9.59 Å². The van der Waals surface area contributed by atoms with E-state index in [-0.39, 0.29) is 11.1 Å². The van der Waals surface area contributed by atoms with Crippen LogP contribution in [-0.2, 0) is 0 Å². The summed E-state index contributed by atoms with van der Waals surface area (Å²) in [6.07, 6.45) is 16.8. The van der Waals surface area contributed by atoms with Crippen LogP contribution in [0.1, 0.15) is 91.4 Å². The third kappa shape index (κ3) is 10.5. The number of unbranched alkanes of at least 4 members (excludes halogenated alkanes) is 7. The Morgan fingerprint density at radius 2 is 1.24 bits per heavy atom. The molecule has 4 nitrogen and oxygen atoms in total. The van der Waals surface area contributed by atoms with Crippen molar-refractivity contribution in [1.82, 2.24) is 10.6 Å². The van der Waals surface area contributed by atoms with Crippen molar-refractivity contribution in [3.05, 3.63) is 72.8 Å². The first kappa shape index (κ1) is 30.8. The van der Waals surface area contributed by atoms with Gasteiger partial charge in [-0.05, 0) is 60.4 Å². The van der Waals surface area contributed by atoms with Gasteiger partial charge in [-0.1, -0.05) is 119 Å². The number of allylic oxidation sites excluding steroid dienone is 2. The lowest BCUT2D eigenvalue weighted by atomic mass is 10.0. The summed E-state index contributed by atoms with van der Waals surface area (Å²) in [6, 6.07) is 20.6. The van der Waals surface area contributed by atoms with Crippen LogP contribution >= 0.6 is 0 Å². The van der Waals surface area contributed by atoms with Gasteiger partial charge in [-0.3, -0.25) is 0 Å². The molecule has 0 aliphatic heterocycles. The van der Waals surface area contributed by atoms with E-state index in [0.717, 1.165) is 74.8 Å². The fourth-order valence-electron chi connectivity index (χ4n) is 4.96. The van der Waals surface area contributed by atoms with Gasteiger partial charge in [0.05, 0.1) is 0 Å². The van der Waals surface area contributed by atoms with Gasteiger partial charge < -0.3 is 15.4 Å². The molecule has 0 saturated carbocycles. The molecule has 5 heteroatoms. The fraction of sp³-hybridized carbons (Fsp3) is 0.531. The molecule has 0 unspecified atom stereocenters. The van der Waals surface area contributed by atoms with Crippen molar-refractivity contribution in [2.45, 2.75) is 96.4 Å². The quantitative estimate of drug-likeness (QED) is 0.116. The van der Waals surface area contributed by atoms with Gasteiger partial charge in [-0.25, -0.2) is 4.79 Å². The smallest absolute Gasteiger partial charge is 0.314 e. The highest BCUT2D eigenvalue weighted by molar-refractivity contribution is 6.98. The molecule has 0 spiro atoms. The molecule has 0 aliphatic rings. The Morgan fingerprint density at radius 3 is 1.76 bits per heavy atom. The molecule has 0 heterocycles. The Balaban J connectivity index is 1.64. The molecule has 204 valence electrons. The molecule has 3 N–H and O–H groups in total. The second-order valence-electron chi connectivity index (χ2n) is 10.8. The van der Waals surface area contributed by atoms with Gasteiger partial charge in [0, 0.05) is 13.1 Å². The fourth-order valence-corrected chi connectivity index (χ4v) is 8.74. The summed E-state index contributed by atoms with van der Waals surface area (Å²) >= 11 is 0. The van der Waals surface area contributed by atoms with Crippen LogP contribution < -0.4 is 21.0 Å². The average Bonchev–Trinajstić information content (AvgIpc) is 2.92. The van der Waals surface area contributed by atoms with Crippen LogP contribution in [0.2, 0.25) is 5.04 Å². The van der Waals surface area contributed by atoms with Crippen molar-refractivity contribution in [2.75, 3.05) is 13.1 Å². The number of carbonyl (C=O) groups excluding carboxylic acids is 1. The number of nitrogens with one attached hydrogen (secondary N) is 2. The average molecular weight is 523 g/mol. The van der Waals surface area contributed by atoms with Crippen LogP contribution in [0.15, 0.2) is 72.8 Å². The molecule has 0 bridgehead atoms. The number of rotatable bonds is 18. The Labute approximate surface area is 227 Å². The monoisotopic (exact) mass is 522 g/mol. The molecule has 0 radical (unpaired) electrons. The van der Waals surface area contributed by atoms with Crippen LogP contribution in [-0.4, -0.2) is 32.2 Å². The van der Waals surface area contributed by atoms with Crippen molar-refractivity contribution in [3.8, 4) is 0 Å². The minimum atomic E-state index is -2.89. The highest BCUT2D eigenvalue weighted by Gasteiger charge is 2.49. The van der Waals surface area contributed by atoms with E-state index >= 15 is 0 Å². The summed E-state index contributed by atoms with van der Waals surface area (Å²) in [4.78, 5) is 23.9. The maximum absolute atomic E-state index is 12.2. The highest BCUT2D eigenvalue weighted by Crippen LogP contribution is 2.40. The summed E-state index contributed by atoms with van der Waals surface area (Å²) in [6.45, 7) is 8.18. The minimum Gasteiger partial charge on any atom is -0.424 e. The summed E-state index contributed by atoms with van der Waals surface area (Å²) in [5.74, 6) is 0. The van der Waals surface area contributed by atoms with Gasteiger partial charge >= 0.3 is 6.03 Å². The van der Waals surface area contributed by atoms with E-state index in [9.17, 15) is 9.59 Å². The van der Waals surface area contributed by atoms with Gasteiger partial charge in [-0.15, -0.1) is 0 Å². The Bertz CT molecular complexity index is 860. The lowest BCUT2D eigenvalue weighted by Crippen LogP contribution is -2.65. The van der Waals surface area contributed by atoms with Crippen LogP contribution in [0, 0.1) is 0 Å². The molecule has 2 aromatic rings. The van der Waals surface area contributed by atoms with Crippen molar-refractivity contribution in [1.29, 1.82) is 0 Å². The van der Waals surface area contributed by atoms with Gasteiger partial charge in [0.15, 0.2) is 0 Å². The Hall–Kier alpha value is -2.37. The lowest BCUT2D eigenvalue weighted by molar-refractivity contribution is 0.240. The topological polar surface area (TPSA) is 61.4 Å². The SMILES string of the molecule is CCCCCNC(=O)NCCCC/C=C\CCCCCC(C)(C)[Si](O)(c1ccccc1)c1ccccc1. The predicted octanol–water partition coefficient (Wildman–Crippen LogP) is 6.69. The molecule has 0 aromatic heterocycles. The van der Waals surface area contributed by atoms with E-state index in [1.165, 1.54) is 19.3 Å². The van der Waals surface area contributed by atoms with Crippen molar-refractivity contribution in [3.63, 3.8) is 0 Å². The molecule has 37 heavy (non-hydrogen) atoms. The van der Waals surface area contributed by atoms with Crippen LogP contribution in [0.25, 0.3) is 0 Å². The number of urea groups is 1. The third-order valence-corrected chi connectivity index (χ3v) is 11.9. The molecule has 2 rings (SSSR count). The number of hydrogen-bond acceptors (Lipinski definition) is 2. The van der Waals surface area contributed by atoms with Gasteiger partial charge in [0.1, 0.15) is 0 Å². The number of benzene rings is 2. The first-order chi connectivity index (χ1) is 17.9. The molecule has 0 atom stereocenters. The summed E-state index contributed by atoms with van der Waals surface area (Å²) in [5, 5.41) is 7.88. The first-order valence-electron chi connectivity index (χ1n) is 14.4. The van der Waals surface area contributed by atoms with Gasteiger partial charge in [0.25, 0.3) is 8.32 Å². The molecular weight excluding hydrogens is 472 g/mol. The molecule has 0 saturated heterocycles. The standard InChI is InChI=1S/C32H50N2O2Si/c1-4-5-20-27-33-31(35)34-28-21-12-10-8-6-7-9-11-19-26-32(2,3)37(36,29-22-15-13-16-23-29)30-24-17-14-18-25-30/h6,8,13-18,22-25,36H,4-5,7,9-12,19-21,26-28H2,1-3H3,(H2,33,34,35)/b8-6-. The normalized spacial score (nSPS) is 12.1. The zero-order valence-corrected chi connectivity index (χ0v) is 24.5. The molecule has 0 fully saturated rings. The van der Waals surface area contributed by atoms with Crippen LogP contribution in [0.5, 0.6) is 0 Å². The minimum absolute atomic E-state index is 0.0385. The number of amides is 2. The first-order valence-corrected chi connectivity index (χ1v) is 16.4. The van der Waals surface area contributed by atoms with Crippen LogP contribution in [0.3, 0.4) is 0 Å².